The second-order valence-electron chi connectivity index (χ2n) is 3.86. The Morgan fingerprint density at radius 1 is 1.32 bits per heavy atom. The molecule has 19 heavy (non-hydrogen) atoms. The number of hydrogen-bond acceptors (Lipinski definition) is 3. The highest BCUT2D eigenvalue weighted by Gasteiger charge is 2.13. The number of hydrogen-bond donors (Lipinski definition) is 1. The second kappa shape index (κ2) is 5.44. The highest BCUT2D eigenvalue weighted by Crippen LogP contribution is 2.27. The molecule has 0 aliphatic carbocycles. The third kappa shape index (κ3) is 3.14. The van der Waals surface area contributed by atoms with Crippen LogP contribution in [-0.2, 0) is 5.75 Å². The van der Waals surface area contributed by atoms with Gasteiger partial charge in [0.15, 0.2) is 11.6 Å². The maximum absolute atomic E-state index is 13.0. The Balaban J connectivity index is 2.09. The van der Waals surface area contributed by atoms with E-state index in [-0.39, 0.29) is 5.76 Å². The fourth-order valence-electron chi connectivity index (χ4n) is 1.50. The Hall–Kier alpha value is -1.82. The maximum atomic E-state index is 13.0. The molecule has 0 saturated heterocycles. The molecule has 0 spiro atoms. The first kappa shape index (κ1) is 13.6. The van der Waals surface area contributed by atoms with E-state index >= 15 is 0 Å². The van der Waals surface area contributed by atoms with Gasteiger partial charge < -0.3 is 9.52 Å². The van der Waals surface area contributed by atoms with Gasteiger partial charge in [-0.25, -0.2) is 13.6 Å². The third-order valence-electron chi connectivity index (χ3n) is 2.52. The van der Waals surface area contributed by atoms with Crippen molar-refractivity contribution in [1.82, 2.24) is 0 Å². The number of carboxylic acid groups (broad SMARTS) is 1. The quantitative estimate of drug-likeness (QED) is 0.866. The molecule has 3 nitrogen and oxygen atoms in total. The topological polar surface area (TPSA) is 50.4 Å². The van der Waals surface area contributed by atoms with E-state index in [4.69, 9.17) is 9.52 Å². The number of aryl methyl sites for hydroxylation is 1. The molecule has 1 heterocycles. The summed E-state index contributed by atoms with van der Waals surface area (Å²) in [6, 6.07) is 5.07. The van der Waals surface area contributed by atoms with Crippen molar-refractivity contribution in [2.45, 2.75) is 17.6 Å². The molecule has 0 aliphatic rings. The molecule has 6 heteroatoms. The first-order valence-electron chi connectivity index (χ1n) is 5.38. The van der Waals surface area contributed by atoms with Gasteiger partial charge in [-0.15, -0.1) is 11.8 Å². The van der Waals surface area contributed by atoms with E-state index in [2.05, 4.69) is 0 Å². The van der Waals surface area contributed by atoms with E-state index in [9.17, 15) is 13.6 Å². The van der Waals surface area contributed by atoms with Gasteiger partial charge in [0, 0.05) is 16.2 Å². The molecule has 1 N–H and O–H groups in total. The van der Waals surface area contributed by atoms with Crippen LogP contribution in [0.25, 0.3) is 0 Å². The lowest BCUT2D eigenvalue weighted by molar-refractivity contribution is 0.0661. The maximum Gasteiger partial charge on any atom is 0.371 e. The van der Waals surface area contributed by atoms with Gasteiger partial charge in [0.1, 0.15) is 5.76 Å². The number of halogens is 2. The number of carboxylic acids is 1. The van der Waals surface area contributed by atoms with Crippen LogP contribution in [0.3, 0.4) is 0 Å². The van der Waals surface area contributed by atoms with Crippen LogP contribution in [0.15, 0.2) is 33.6 Å². The van der Waals surface area contributed by atoms with Crippen molar-refractivity contribution in [3.8, 4) is 0 Å². The summed E-state index contributed by atoms with van der Waals surface area (Å²) < 4.78 is 30.8. The number of thioether (sulfide) groups is 1. The summed E-state index contributed by atoms with van der Waals surface area (Å²) >= 11 is 1.28. The van der Waals surface area contributed by atoms with Crippen LogP contribution in [0.1, 0.15) is 21.9 Å². The highest BCUT2D eigenvalue weighted by molar-refractivity contribution is 7.98. The molecule has 0 unspecified atom stereocenters. The Morgan fingerprint density at radius 3 is 2.63 bits per heavy atom. The van der Waals surface area contributed by atoms with Crippen LogP contribution >= 0.6 is 11.8 Å². The first-order chi connectivity index (χ1) is 8.97. The van der Waals surface area contributed by atoms with Crippen LogP contribution < -0.4 is 0 Å². The van der Waals surface area contributed by atoms with Gasteiger partial charge in [0.2, 0.25) is 5.76 Å². The molecule has 0 fully saturated rings. The minimum absolute atomic E-state index is 0.126. The fraction of sp³-hybridized carbons (Fsp3) is 0.154. The molecule has 0 radical (unpaired) electrons. The lowest BCUT2D eigenvalue weighted by Crippen LogP contribution is -1.91. The standard InChI is InChI=1S/C13H10F2O3S/c1-7-8(4-12(18-7)13(16)17)6-19-9-2-3-10(14)11(15)5-9/h2-5H,6H2,1H3,(H,16,17). The van der Waals surface area contributed by atoms with Crippen LogP contribution in [0, 0.1) is 18.6 Å². The third-order valence-corrected chi connectivity index (χ3v) is 3.56. The SMILES string of the molecule is Cc1oc(C(=O)O)cc1CSc1ccc(F)c(F)c1. The molecule has 2 rings (SSSR count). The van der Waals surface area contributed by atoms with Gasteiger partial charge in [-0.1, -0.05) is 0 Å². The molecule has 0 bridgehead atoms. The number of furan rings is 1. The van der Waals surface area contributed by atoms with E-state index in [0.29, 0.717) is 22.0 Å². The van der Waals surface area contributed by atoms with E-state index in [1.807, 2.05) is 0 Å². The van der Waals surface area contributed by atoms with Crippen LogP contribution in [0.5, 0.6) is 0 Å². The van der Waals surface area contributed by atoms with Gasteiger partial charge in [0.25, 0.3) is 0 Å². The van der Waals surface area contributed by atoms with Crippen LogP contribution in [-0.4, -0.2) is 11.1 Å². The summed E-state index contributed by atoms with van der Waals surface area (Å²) in [6.45, 7) is 1.66. The zero-order chi connectivity index (χ0) is 14.0. The van der Waals surface area contributed by atoms with Gasteiger partial charge in [-0.2, -0.15) is 0 Å². The van der Waals surface area contributed by atoms with Gasteiger partial charge in [0.05, 0.1) is 0 Å². The highest BCUT2D eigenvalue weighted by atomic mass is 32.2. The lowest BCUT2D eigenvalue weighted by Gasteiger charge is -2.01. The Bertz CT molecular complexity index is 622. The number of aromatic carboxylic acids is 1. The van der Waals surface area contributed by atoms with E-state index < -0.39 is 17.6 Å². The average molecular weight is 284 g/mol. The zero-order valence-corrected chi connectivity index (χ0v) is 10.8. The molecule has 2 aromatic rings. The molecule has 0 atom stereocenters. The normalized spacial score (nSPS) is 10.7. The van der Waals surface area contributed by atoms with Crippen molar-refractivity contribution in [2.24, 2.45) is 0 Å². The Kier molecular flexibility index (Phi) is 3.90. The zero-order valence-electron chi connectivity index (χ0n) is 9.94. The Morgan fingerprint density at radius 2 is 2.05 bits per heavy atom. The smallest absolute Gasteiger partial charge is 0.371 e. The minimum Gasteiger partial charge on any atom is -0.475 e. The molecule has 1 aromatic heterocycles. The molecule has 100 valence electrons. The summed E-state index contributed by atoms with van der Waals surface area (Å²) in [5, 5.41) is 8.78. The average Bonchev–Trinajstić information content (AvgIpc) is 2.73. The number of benzene rings is 1. The summed E-state index contributed by atoms with van der Waals surface area (Å²) in [7, 11) is 0. The van der Waals surface area contributed by atoms with E-state index in [1.165, 1.54) is 23.9 Å². The molecule has 1 aromatic carbocycles. The van der Waals surface area contributed by atoms with Gasteiger partial charge in [-0.05, 0) is 31.2 Å². The van der Waals surface area contributed by atoms with Crippen LogP contribution in [0.4, 0.5) is 8.78 Å². The van der Waals surface area contributed by atoms with Crippen molar-refractivity contribution in [3.63, 3.8) is 0 Å². The van der Waals surface area contributed by atoms with Crippen molar-refractivity contribution < 1.29 is 23.1 Å². The first-order valence-corrected chi connectivity index (χ1v) is 6.36. The summed E-state index contributed by atoms with van der Waals surface area (Å²) in [5.74, 6) is -2.12. The van der Waals surface area contributed by atoms with E-state index in [1.54, 1.807) is 6.92 Å². The van der Waals surface area contributed by atoms with Crippen molar-refractivity contribution >= 4 is 17.7 Å². The lowest BCUT2D eigenvalue weighted by atomic mass is 10.3. The summed E-state index contributed by atoms with van der Waals surface area (Å²) in [4.78, 5) is 11.3. The van der Waals surface area contributed by atoms with Crippen molar-refractivity contribution in [1.29, 1.82) is 0 Å². The Labute approximate surface area is 112 Å². The van der Waals surface area contributed by atoms with Gasteiger partial charge in [-0.3, -0.25) is 0 Å². The minimum atomic E-state index is -1.13. The van der Waals surface area contributed by atoms with Crippen molar-refractivity contribution in [2.75, 3.05) is 0 Å². The molecular weight excluding hydrogens is 274 g/mol. The largest absolute Gasteiger partial charge is 0.475 e. The van der Waals surface area contributed by atoms with Gasteiger partial charge >= 0.3 is 5.97 Å². The van der Waals surface area contributed by atoms with Crippen molar-refractivity contribution in [3.05, 3.63) is 53.0 Å². The molecule has 0 amide bonds. The van der Waals surface area contributed by atoms with Crippen LogP contribution in [0.2, 0.25) is 0 Å². The predicted octanol–water partition coefficient (Wildman–Crippen LogP) is 3.86. The predicted molar refractivity (Wildman–Crippen MR) is 66.3 cm³/mol. The fourth-order valence-corrected chi connectivity index (χ4v) is 2.46. The number of rotatable bonds is 4. The summed E-state index contributed by atoms with van der Waals surface area (Å²) in [5.41, 5.74) is 0.715. The monoisotopic (exact) mass is 284 g/mol. The van der Waals surface area contributed by atoms with E-state index in [0.717, 1.165) is 12.1 Å². The second-order valence-corrected chi connectivity index (χ2v) is 4.91. The molecular formula is C13H10F2O3S. The molecule has 0 aliphatic heterocycles. The molecule has 0 saturated carbocycles. The number of carbonyl (C=O) groups is 1. The summed E-state index contributed by atoms with van der Waals surface area (Å²) in [6.07, 6.45) is 0.